The average molecular weight is 338 g/mol. The molecule has 1 aromatic carbocycles. The lowest BCUT2D eigenvalue weighted by Gasteiger charge is -2.00. The number of hydrogen-bond donors (Lipinski definition) is 1. The van der Waals surface area contributed by atoms with Gasteiger partial charge in [-0.3, -0.25) is 0 Å². The maximum Gasteiger partial charge on any atom is 0.138 e. The van der Waals surface area contributed by atoms with Crippen LogP contribution in [-0.2, 0) is 0 Å². The number of thiophene rings is 2. The van der Waals surface area contributed by atoms with Crippen molar-refractivity contribution in [2.24, 2.45) is 0 Å². The van der Waals surface area contributed by atoms with Crippen LogP contribution in [0.25, 0.3) is 32.5 Å². The number of aromatic amines is 1. The second kappa shape index (κ2) is 6.02. The molecule has 4 aromatic rings. The molecule has 0 bridgehead atoms. The normalized spacial score (nSPS) is 10.8. The van der Waals surface area contributed by atoms with E-state index in [0.29, 0.717) is 0 Å². The molecule has 4 rings (SSSR count). The maximum absolute atomic E-state index is 5.22. The van der Waals surface area contributed by atoms with E-state index in [4.69, 9.17) is 9.72 Å². The van der Waals surface area contributed by atoms with Crippen molar-refractivity contribution in [3.8, 4) is 38.3 Å². The predicted octanol–water partition coefficient (Wildman–Crippen LogP) is 5.54. The topological polar surface area (TPSA) is 37.9 Å². The van der Waals surface area contributed by atoms with Crippen LogP contribution in [0.15, 0.2) is 59.3 Å². The molecule has 0 aliphatic heterocycles. The number of aromatic nitrogens is 2. The number of methoxy groups -OCH3 is 1. The lowest BCUT2D eigenvalue weighted by atomic mass is 10.2. The molecule has 0 fully saturated rings. The lowest BCUT2D eigenvalue weighted by molar-refractivity contribution is 0.415. The van der Waals surface area contributed by atoms with E-state index in [-0.39, 0.29) is 0 Å². The Labute approximate surface area is 142 Å². The Morgan fingerprint density at radius 1 is 0.913 bits per heavy atom. The molecule has 3 aromatic heterocycles. The molecule has 0 aliphatic rings. The third kappa shape index (κ3) is 2.69. The van der Waals surface area contributed by atoms with Crippen LogP contribution in [0.5, 0.6) is 5.75 Å². The number of hydrogen-bond acceptors (Lipinski definition) is 4. The third-order valence-corrected chi connectivity index (χ3v) is 5.35. The Kier molecular flexibility index (Phi) is 3.73. The predicted molar refractivity (Wildman–Crippen MR) is 97.2 cm³/mol. The summed E-state index contributed by atoms with van der Waals surface area (Å²) in [6.07, 6.45) is 0. The summed E-state index contributed by atoms with van der Waals surface area (Å²) in [5.74, 6) is 1.72. The SMILES string of the molecule is COc1ccc(-c2nc(-c3cccs3)c(-c3cccs3)[nH]2)cc1. The number of nitrogens with zero attached hydrogens (tertiary/aromatic N) is 1. The Balaban J connectivity index is 1.84. The fourth-order valence-corrected chi connectivity index (χ4v) is 3.90. The van der Waals surface area contributed by atoms with Crippen LogP contribution in [-0.4, -0.2) is 17.1 Å². The number of nitrogens with one attached hydrogen (secondary N) is 1. The first-order valence-corrected chi connectivity index (χ1v) is 8.93. The van der Waals surface area contributed by atoms with Crippen LogP contribution in [0.4, 0.5) is 0 Å². The van der Waals surface area contributed by atoms with E-state index in [9.17, 15) is 0 Å². The van der Waals surface area contributed by atoms with Crippen molar-refractivity contribution in [2.45, 2.75) is 0 Å². The molecule has 3 heterocycles. The van der Waals surface area contributed by atoms with Gasteiger partial charge in [-0.05, 0) is 47.2 Å². The van der Waals surface area contributed by atoms with E-state index >= 15 is 0 Å². The number of H-pyrrole nitrogens is 1. The van der Waals surface area contributed by atoms with Gasteiger partial charge in [0.1, 0.15) is 17.3 Å². The van der Waals surface area contributed by atoms with Gasteiger partial charge in [0.05, 0.1) is 22.6 Å². The first kappa shape index (κ1) is 14.2. The number of ether oxygens (including phenoxy) is 1. The van der Waals surface area contributed by atoms with Crippen molar-refractivity contribution in [2.75, 3.05) is 7.11 Å². The van der Waals surface area contributed by atoms with Gasteiger partial charge in [0.2, 0.25) is 0 Å². The molecule has 114 valence electrons. The van der Waals surface area contributed by atoms with E-state index in [0.717, 1.165) is 28.5 Å². The summed E-state index contributed by atoms with van der Waals surface area (Å²) in [5.41, 5.74) is 3.13. The summed E-state index contributed by atoms with van der Waals surface area (Å²) in [7, 11) is 1.67. The zero-order valence-electron chi connectivity index (χ0n) is 12.4. The zero-order valence-corrected chi connectivity index (χ0v) is 14.1. The Hall–Kier alpha value is -2.37. The van der Waals surface area contributed by atoms with Gasteiger partial charge < -0.3 is 9.72 Å². The van der Waals surface area contributed by atoms with E-state index < -0.39 is 0 Å². The highest BCUT2D eigenvalue weighted by Gasteiger charge is 2.16. The van der Waals surface area contributed by atoms with Crippen LogP contribution in [0, 0.1) is 0 Å². The van der Waals surface area contributed by atoms with Crippen molar-refractivity contribution in [3.63, 3.8) is 0 Å². The van der Waals surface area contributed by atoms with E-state index in [1.165, 1.54) is 9.75 Å². The van der Waals surface area contributed by atoms with Crippen molar-refractivity contribution >= 4 is 22.7 Å². The standard InChI is InChI=1S/C18H14N2OS2/c1-21-13-8-6-12(7-9-13)18-19-16(14-4-2-10-22-14)17(20-18)15-5-3-11-23-15/h2-11H,1H3,(H,19,20). The molecule has 0 atom stereocenters. The van der Waals surface area contributed by atoms with Gasteiger partial charge in [0.25, 0.3) is 0 Å². The maximum atomic E-state index is 5.22. The highest BCUT2D eigenvalue weighted by Crippen LogP contribution is 2.37. The summed E-state index contributed by atoms with van der Waals surface area (Å²) in [6.45, 7) is 0. The van der Waals surface area contributed by atoms with Crippen LogP contribution < -0.4 is 4.74 Å². The van der Waals surface area contributed by atoms with Crippen molar-refractivity contribution in [1.29, 1.82) is 0 Å². The molecule has 3 nitrogen and oxygen atoms in total. The molecule has 5 heteroatoms. The van der Waals surface area contributed by atoms with Gasteiger partial charge in [0.15, 0.2) is 0 Å². The molecule has 1 N–H and O–H groups in total. The summed E-state index contributed by atoms with van der Waals surface area (Å²) in [6, 6.07) is 16.3. The van der Waals surface area contributed by atoms with Gasteiger partial charge in [-0.2, -0.15) is 0 Å². The minimum absolute atomic E-state index is 0.845. The third-order valence-electron chi connectivity index (χ3n) is 3.59. The van der Waals surface area contributed by atoms with Crippen LogP contribution in [0.1, 0.15) is 0 Å². The summed E-state index contributed by atoms with van der Waals surface area (Å²) < 4.78 is 5.22. The number of imidazole rings is 1. The summed E-state index contributed by atoms with van der Waals surface area (Å²) >= 11 is 3.42. The van der Waals surface area contributed by atoms with Crippen molar-refractivity contribution in [1.82, 2.24) is 9.97 Å². The van der Waals surface area contributed by atoms with Gasteiger partial charge in [-0.15, -0.1) is 22.7 Å². The van der Waals surface area contributed by atoms with Crippen molar-refractivity contribution in [3.05, 3.63) is 59.3 Å². The Bertz CT molecular complexity index is 840. The minimum Gasteiger partial charge on any atom is -0.497 e. The first-order chi connectivity index (χ1) is 11.3. The highest BCUT2D eigenvalue weighted by atomic mass is 32.1. The largest absolute Gasteiger partial charge is 0.497 e. The Morgan fingerprint density at radius 2 is 1.61 bits per heavy atom. The minimum atomic E-state index is 0.845. The fraction of sp³-hybridized carbons (Fsp3) is 0.0556. The van der Waals surface area contributed by atoms with Gasteiger partial charge >= 0.3 is 0 Å². The molecule has 0 radical (unpaired) electrons. The molecular formula is C18H14N2OS2. The second-order valence-corrected chi connectivity index (χ2v) is 6.89. The zero-order chi connectivity index (χ0) is 15.6. The summed E-state index contributed by atoms with van der Waals surface area (Å²) in [5, 5.41) is 4.16. The molecular weight excluding hydrogens is 324 g/mol. The monoisotopic (exact) mass is 338 g/mol. The molecule has 0 saturated carbocycles. The smallest absolute Gasteiger partial charge is 0.138 e. The van der Waals surface area contributed by atoms with Crippen LogP contribution in [0.3, 0.4) is 0 Å². The van der Waals surface area contributed by atoms with Gasteiger partial charge in [-0.25, -0.2) is 4.98 Å². The molecule has 0 aliphatic carbocycles. The Morgan fingerprint density at radius 3 is 2.22 bits per heavy atom. The first-order valence-electron chi connectivity index (χ1n) is 7.17. The van der Waals surface area contributed by atoms with Crippen LogP contribution in [0.2, 0.25) is 0 Å². The molecule has 0 unspecified atom stereocenters. The van der Waals surface area contributed by atoms with E-state index in [2.05, 4.69) is 40.0 Å². The second-order valence-electron chi connectivity index (χ2n) is 4.99. The van der Waals surface area contributed by atoms with Crippen LogP contribution >= 0.6 is 22.7 Å². The number of rotatable bonds is 4. The average Bonchev–Trinajstić information content (AvgIpc) is 3.34. The molecule has 0 spiro atoms. The molecule has 0 amide bonds. The van der Waals surface area contributed by atoms with Gasteiger partial charge in [0, 0.05) is 5.56 Å². The van der Waals surface area contributed by atoms with E-state index in [1.54, 1.807) is 29.8 Å². The number of benzene rings is 1. The highest BCUT2D eigenvalue weighted by molar-refractivity contribution is 7.14. The fourth-order valence-electron chi connectivity index (χ4n) is 2.45. The van der Waals surface area contributed by atoms with Crippen molar-refractivity contribution < 1.29 is 4.74 Å². The lowest BCUT2D eigenvalue weighted by Crippen LogP contribution is -1.84. The molecule has 23 heavy (non-hydrogen) atoms. The molecule has 0 saturated heterocycles. The van der Waals surface area contributed by atoms with Gasteiger partial charge in [-0.1, -0.05) is 12.1 Å². The quantitative estimate of drug-likeness (QED) is 0.530. The summed E-state index contributed by atoms with van der Waals surface area (Å²) in [4.78, 5) is 10.7. The van der Waals surface area contributed by atoms with E-state index in [1.807, 2.05) is 24.3 Å².